The van der Waals surface area contributed by atoms with Crippen LogP contribution in [0, 0.1) is 6.92 Å². The summed E-state index contributed by atoms with van der Waals surface area (Å²) in [7, 11) is 0. The van der Waals surface area contributed by atoms with Gasteiger partial charge in [0.1, 0.15) is 5.75 Å². The van der Waals surface area contributed by atoms with Gasteiger partial charge in [-0.2, -0.15) is 0 Å². The van der Waals surface area contributed by atoms with E-state index in [0.717, 1.165) is 0 Å². The number of nitrogens with one attached hydrogen (secondary N) is 2. The molecule has 182 valence electrons. The molecule has 3 N–H and O–H groups in total. The lowest BCUT2D eigenvalue weighted by molar-refractivity contribution is 0.0302. The van der Waals surface area contributed by atoms with Crippen LogP contribution in [0.1, 0.15) is 44.3 Å². The Labute approximate surface area is 200 Å². The summed E-state index contributed by atoms with van der Waals surface area (Å²) in [5.74, 6) is -0.0294. The van der Waals surface area contributed by atoms with Gasteiger partial charge < -0.3 is 30.1 Å². The number of fused-ring (bicyclic) bond motifs is 1. The largest absolute Gasteiger partial charge is 0.493 e. The summed E-state index contributed by atoms with van der Waals surface area (Å²) in [6, 6.07) is 11.3. The zero-order valence-electron chi connectivity index (χ0n) is 19.8. The summed E-state index contributed by atoms with van der Waals surface area (Å²) in [6.45, 7) is 6.94. The van der Waals surface area contributed by atoms with Gasteiger partial charge in [-0.05, 0) is 43.5 Å². The van der Waals surface area contributed by atoms with Crippen molar-refractivity contribution in [3.63, 3.8) is 0 Å². The molecule has 0 radical (unpaired) electrons. The molecule has 1 saturated heterocycles. The van der Waals surface area contributed by atoms with Crippen molar-refractivity contribution in [3.05, 3.63) is 64.2 Å². The molecule has 4 rings (SSSR count). The number of morpholine rings is 1. The fourth-order valence-electron chi connectivity index (χ4n) is 4.56. The quantitative estimate of drug-likeness (QED) is 0.573. The third-order valence-corrected chi connectivity index (χ3v) is 6.52. The van der Waals surface area contributed by atoms with Crippen LogP contribution in [0.25, 0.3) is 0 Å². The molecule has 2 amide bonds. The molecule has 0 aliphatic carbocycles. The summed E-state index contributed by atoms with van der Waals surface area (Å²) >= 11 is 0. The van der Waals surface area contributed by atoms with Crippen LogP contribution in [-0.2, 0) is 17.7 Å². The van der Waals surface area contributed by atoms with E-state index in [9.17, 15) is 14.7 Å². The maximum absolute atomic E-state index is 13.0. The average Bonchev–Trinajstić information content (AvgIpc) is 2.88. The van der Waals surface area contributed by atoms with Gasteiger partial charge in [0.15, 0.2) is 0 Å². The monoisotopic (exact) mass is 467 g/mol. The lowest BCUT2D eigenvalue weighted by Gasteiger charge is -2.30. The minimum atomic E-state index is -0.740. The topological polar surface area (TPSA) is 100 Å². The molecule has 2 aliphatic heterocycles. The summed E-state index contributed by atoms with van der Waals surface area (Å²) in [5.41, 5.74) is 3.96. The second-order valence-electron chi connectivity index (χ2n) is 8.69. The third-order valence-electron chi connectivity index (χ3n) is 6.52. The Morgan fingerprint density at radius 3 is 2.62 bits per heavy atom. The van der Waals surface area contributed by atoms with Gasteiger partial charge >= 0.3 is 0 Å². The Balaban J connectivity index is 1.44. The van der Waals surface area contributed by atoms with Gasteiger partial charge in [0.2, 0.25) is 0 Å². The summed E-state index contributed by atoms with van der Waals surface area (Å²) in [4.78, 5) is 27.8. The summed E-state index contributed by atoms with van der Waals surface area (Å²) in [5, 5.41) is 16.9. The van der Waals surface area contributed by atoms with E-state index in [-0.39, 0.29) is 24.4 Å². The highest BCUT2D eigenvalue weighted by Crippen LogP contribution is 2.28. The van der Waals surface area contributed by atoms with Crippen molar-refractivity contribution < 1.29 is 24.2 Å². The van der Waals surface area contributed by atoms with Gasteiger partial charge in [-0.15, -0.1) is 0 Å². The SMILES string of the molecule is CCOc1c(C(=O)NCC(O)[C@@H]2Cc3ccccc3CN2)ccc(C(=O)N2CCOCC2)c1C. The Bertz CT molecular complexity index is 1040. The summed E-state index contributed by atoms with van der Waals surface area (Å²) < 4.78 is 11.1. The van der Waals surface area contributed by atoms with Gasteiger partial charge in [-0.3, -0.25) is 9.59 Å². The highest BCUT2D eigenvalue weighted by atomic mass is 16.5. The van der Waals surface area contributed by atoms with Crippen LogP contribution in [0.15, 0.2) is 36.4 Å². The van der Waals surface area contributed by atoms with Crippen molar-refractivity contribution >= 4 is 11.8 Å². The number of carbonyl (C=O) groups is 2. The van der Waals surface area contributed by atoms with Crippen LogP contribution in [0.3, 0.4) is 0 Å². The fourth-order valence-corrected chi connectivity index (χ4v) is 4.56. The molecule has 2 aromatic carbocycles. The molecule has 0 spiro atoms. The number of hydrogen-bond donors (Lipinski definition) is 3. The van der Waals surface area contributed by atoms with E-state index in [2.05, 4.69) is 22.8 Å². The predicted octanol–water partition coefficient (Wildman–Crippen LogP) is 1.67. The standard InChI is InChI=1S/C26H33N3O5/c1-3-34-24-17(2)20(26(32)29-10-12-33-13-11-29)8-9-21(24)25(31)28-16-23(30)22-14-18-6-4-5-7-19(18)15-27-22/h4-9,22-23,27,30H,3,10-16H2,1-2H3,(H,28,31)/t22-,23?/m0/s1. The molecule has 0 saturated carbocycles. The Kier molecular flexibility index (Phi) is 7.82. The first kappa shape index (κ1) is 24.2. The van der Waals surface area contributed by atoms with E-state index in [1.165, 1.54) is 11.1 Å². The first-order valence-corrected chi connectivity index (χ1v) is 11.9. The molecule has 0 bridgehead atoms. The van der Waals surface area contributed by atoms with Crippen molar-refractivity contribution in [2.24, 2.45) is 0 Å². The first-order chi connectivity index (χ1) is 16.5. The number of carbonyl (C=O) groups excluding carboxylic acids is 2. The minimum absolute atomic E-state index is 0.0900. The summed E-state index contributed by atoms with van der Waals surface area (Å²) in [6.07, 6.45) is -0.0365. The normalized spacial score (nSPS) is 18.7. The molecule has 8 heteroatoms. The zero-order valence-corrected chi connectivity index (χ0v) is 19.8. The molecule has 2 heterocycles. The number of benzene rings is 2. The van der Waals surface area contributed by atoms with Gasteiger partial charge in [0.05, 0.1) is 31.5 Å². The molecule has 2 aromatic rings. The number of rotatable bonds is 7. The highest BCUT2D eigenvalue weighted by molar-refractivity contribution is 6.01. The van der Waals surface area contributed by atoms with Gasteiger partial charge in [0.25, 0.3) is 11.8 Å². The number of nitrogens with zero attached hydrogens (tertiary/aromatic N) is 1. The van der Waals surface area contributed by atoms with Crippen LogP contribution >= 0.6 is 0 Å². The number of amides is 2. The van der Waals surface area contributed by atoms with Crippen molar-refractivity contribution in [3.8, 4) is 5.75 Å². The zero-order chi connectivity index (χ0) is 24.1. The van der Waals surface area contributed by atoms with E-state index in [1.54, 1.807) is 24.0 Å². The molecule has 34 heavy (non-hydrogen) atoms. The van der Waals surface area contributed by atoms with Gasteiger partial charge in [0, 0.05) is 43.3 Å². The fraction of sp³-hybridized carbons (Fsp3) is 0.462. The highest BCUT2D eigenvalue weighted by Gasteiger charge is 2.27. The molecule has 1 unspecified atom stereocenters. The molecular weight excluding hydrogens is 434 g/mol. The lowest BCUT2D eigenvalue weighted by Crippen LogP contribution is -2.49. The maximum Gasteiger partial charge on any atom is 0.255 e. The first-order valence-electron chi connectivity index (χ1n) is 11.9. The van der Waals surface area contributed by atoms with E-state index in [1.807, 2.05) is 19.1 Å². The van der Waals surface area contributed by atoms with Crippen LogP contribution in [-0.4, -0.2) is 73.4 Å². The van der Waals surface area contributed by atoms with E-state index in [4.69, 9.17) is 9.47 Å². The van der Waals surface area contributed by atoms with Crippen LogP contribution in [0.4, 0.5) is 0 Å². The molecule has 2 aliphatic rings. The Morgan fingerprint density at radius 2 is 1.88 bits per heavy atom. The number of aliphatic hydroxyl groups is 1. The van der Waals surface area contributed by atoms with Crippen LogP contribution in [0.2, 0.25) is 0 Å². The lowest BCUT2D eigenvalue weighted by atomic mass is 9.93. The van der Waals surface area contributed by atoms with Gasteiger partial charge in [-0.1, -0.05) is 24.3 Å². The van der Waals surface area contributed by atoms with Crippen LogP contribution in [0.5, 0.6) is 5.75 Å². The minimum Gasteiger partial charge on any atom is -0.493 e. The maximum atomic E-state index is 13.0. The van der Waals surface area contributed by atoms with Crippen molar-refractivity contribution in [2.45, 2.75) is 39.0 Å². The van der Waals surface area contributed by atoms with E-state index < -0.39 is 6.10 Å². The molecule has 0 aromatic heterocycles. The Morgan fingerprint density at radius 1 is 1.18 bits per heavy atom. The number of aliphatic hydroxyl groups excluding tert-OH is 1. The molecule has 2 atom stereocenters. The average molecular weight is 468 g/mol. The molecular formula is C26H33N3O5. The second kappa shape index (κ2) is 11.0. The second-order valence-corrected chi connectivity index (χ2v) is 8.69. The van der Waals surface area contributed by atoms with E-state index in [0.29, 0.717) is 68.3 Å². The van der Waals surface area contributed by atoms with Crippen molar-refractivity contribution in [1.82, 2.24) is 15.5 Å². The van der Waals surface area contributed by atoms with Crippen LogP contribution < -0.4 is 15.4 Å². The number of hydrogen-bond acceptors (Lipinski definition) is 6. The molecule has 1 fully saturated rings. The molecule has 8 nitrogen and oxygen atoms in total. The van der Waals surface area contributed by atoms with Crippen molar-refractivity contribution in [1.29, 1.82) is 0 Å². The predicted molar refractivity (Wildman–Crippen MR) is 128 cm³/mol. The van der Waals surface area contributed by atoms with E-state index >= 15 is 0 Å². The number of ether oxygens (including phenoxy) is 2. The Hall–Kier alpha value is -2.94. The van der Waals surface area contributed by atoms with Gasteiger partial charge in [-0.25, -0.2) is 0 Å². The smallest absolute Gasteiger partial charge is 0.255 e. The third kappa shape index (κ3) is 5.24. The van der Waals surface area contributed by atoms with Crippen molar-refractivity contribution in [2.75, 3.05) is 39.5 Å².